The highest BCUT2D eigenvalue weighted by Crippen LogP contribution is 2.23. The molecule has 110 valence electrons. The number of aryl methyl sites for hydroxylation is 1. The maximum absolute atomic E-state index is 13.1. The third kappa shape index (κ3) is 4.60. The van der Waals surface area contributed by atoms with Crippen molar-refractivity contribution in [3.8, 4) is 0 Å². The van der Waals surface area contributed by atoms with E-state index in [0.29, 0.717) is 5.56 Å². The van der Waals surface area contributed by atoms with Crippen LogP contribution in [-0.2, 0) is 9.53 Å². The Bertz CT molecular complexity index is 628. The van der Waals surface area contributed by atoms with Gasteiger partial charge in [-0.1, -0.05) is 30.3 Å². The first kappa shape index (κ1) is 15.6. The van der Waals surface area contributed by atoms with Crippen LogP contribution in [0.25, 0.3) is 0 Å². The topological polar surface area (TPSA) is 26.3 Å². The van der Waals surface area contributed by atoms with E-state index in [1.165, 1.54) is 23.9 Å². The van der Waals surface area contributed by atoms with Gasteiger partial charge >= 0.3 is 5.97 Å². The summed E-state index contributed by atoms with van der Waals surface area (Å²) in [5, 5.41) is 0. The Labute approximate surface area is 128 Å². The zero-order valence-electron chi connectivity index (χ0n) is 12.0. The quantitative estimate of drug-likeness (QED) is 0.599. The summed E-state index contributed by atoms with van der Waals surface area (Å²) in [6.45, 7) is 3.74. The highest BCUT2D eigenvalue weighted by atomic mass is 32.2. The van der Waals surface area contributed by atoms with E-state index in [2.05, 4.69) is 0 Å². The predicted molar refractivity (Wildman–Crippen MR) is 82.8 cm³/mol. The zero-order valence-corrected chi connectivity index (χ0v) is 12.8. The molecule has 0 saturated carbocycles. The molecular formula is C17H17FO2S. The summed E-state index contributed by atoms with van der Waals surface area (Å²) in [6.07, 6.45) is -0.453. The monoisotopic (exact) mass is 304 g/mol. The van der Waals surface area contributed by atoms with Crippen LogP contribution in [0.3, 0.4) is 0 Å². The molecule has 2 aromatic rings. The van der Waals surface area contributed by atoms with Gasteiger partial charge < -0.3 is 4.74 Å². The number of hydrogen-bond donors (Lipinski definition) is 0. The van der Waals surface area contributed by atoms with Gasteiger partial charge in [-0.25, -0.2) is 4.39 Å². The molecule has 2 aromatic carbocycles. The fourth-order valence-electron chi connectivity index (χ4n) is 1.91. The fourth-order valence-corrected chi connectivity index (χ4v) is 2.73. The second kappa shape index (κ2) is 7.27. The van der Waals surface area contributed by atoms with Crippen LogP contribution < -0.4 is 0 Å². The molecule has 2 rings (SSSR count). The van der Waals surface area contributed by atoms with Crippen molar-refractivity contribution in [2.45, 2.75) is 24.8 Å². The van der Waals surface area contributed by atoms with Gasteiger partial charge in [0.2, 0.25) is 0 Å². The van der Waals surface area contributed by atoms with Gasteiger partial charge in [0.15, 0.2) is 0 Å². The zero-order chi connectivity index (χ0) is 15.2. The maximum Gasteiger partial charge on any atom is 0.316 e. The van der Waals surface area contributed by atoms with Gasteiger partial charge in [-0.05, 0) is 43.2 Å². The van der Waals surface area contributed by atoms with Gasteiger partial charge in [-0.2, -0.15) is 0 Å². The van der Waals surface area contributed by atoms with E-state index in [1.54, 1.807) is 19.1 Å². The lowest BCUT2D eigenvalue weighted by Gasteiger charge is -2.13. The third-order valence-corrected chi connectivity index (χ3v) is 4.21. The first-order valence-corrected chi connectivity index (χ1v) is 7.68. The van der Waals surface area contributed by atoms with Crippen molar-refractivity contribution in [3.63, 3.8) is 0 Å². The normalized spacial score (nSPS) is 12.0. The first-order chi connectivity index (χ1) is 10.1. The van der Waals surface area contributed by atoms with E-state index in [0.717, 1.165) is 10.5 Å². The molecule has 0 bridgehead atoms. The molecule has 0 saturated heterocycles. The van der Waals surface area contributed by atoms with Gasteiger partial charge in [0.1, 0.15) is 11.9 Å². The Kier molecular flexibility index (Phi) is 5.39. The lowest BCUT2D eigenvalue weighted by atomic mass is 10.1. The number of carbonyl (C=O) groups is 1. The molecule has 1 atom stereocenters. The van der Waals surface area contributed by atoms with Crippen molar-refractivity contribution in [2.24, 2.45) is 0 Å². The van der Waals surface area contributed by atoms with Crippen molar-refractivity contribution in [2.75, 3.05) is 5.75 Å². The Morgan fingerprint density at radius 2 is 2.00 bits per heavy atom. The van der Waals surface area contributed by atoms with Gasteiger partial charge in [0, 0.05) is 4.90 Å². The number of hydrogen-bond acceptors (Lipinski definition) is 3. The standard InChI is InChI=1S/C17H17FO2S/c1-12-6-3-4-9-16(12)21-11-17(19)20-13(2)14-7-5-8-15(18)10-14/h3-10,13H,11H2,1-2H3. The van der Waals surface area contributed by atoms with Crippen LogP contribution in [0, 0.1) is 12.7 Å². The molecule has 0 radical (unpaired) electrons. The molecule has 0 aliphatic rings. The molecule has 0 fully saturated rings. The fraction of sp³-hybridized carbons (Fsp3) is 0.235. The third-order valence-electron chi connectivity index (χ3n) is 3.07. The average molecular weight is 304 g/mol. The van der Waals surface area contributed by atoms with Crippen molar-refractivity contribution < 1.29 is 13.9 Å². The lowest BCUT2D eigenvalue weighted by Crippen LogP contribution is -2.11. The minimum Gasteiger partial charge on any atom is -0.457 e. The highest BCUT2D eigenvalue weighted by molar-refractivity contribution is 8.00. The number of benzene rings is 2. The molecule has 0 spiro atoms. The van der Waals surface area contributed by atoms with Crippen molar-refractivity contribution >= 4 is 17.7 Å². The van der Waals surface area contributed by atoms with Gasteiger partial charge in [-0.3, -0.25) is 4.79 Å². The second-order valence-corrected chi connectivity index (χ2v) is 5.76. The second-order valence-electron chi connectivity index (χ2n) is 4.74. The Morgan fingerprint density at radius 1 is 1.24 bits per heavy atom. The van der Waals surface area contributed by atoms with Gasteiger partial charge in [0.25, 0.3) is 0 Å². The lowest BCUT2D eigenvalue weighted by molar-refractivity contribution is -0.145. The number of carbonyl (C=O) groups excluding carboxylic acids is 1. The Morgan fingerprint density at radius 3 is 2.71 bits per heavy atom. The largest absolute Gasteiger partial charge is 0.457 e. The molecule has 2 nitrogen and oxygen atoms in total. The van der Waals surface area contributed by atoms with E-state index < -0.39 is 6.10 Å². The molecular weight excluding hydrogens is 287 g/mol. The van der Waals surface area contributed by atoms with Crippen LogP contribution in [0.2, 0.25) is 0 Å². The SMILES string of the molecule is Cc1ccccc1SCC(=O)OC(C)c1cccc(F)c1. The Balaban J connectivity index is 1.89. The van der Waals surface area contributed by atoms with E-state index >= 15 is 0 Å². The van der Waals surface area contributed by atoms with E-state index in [-0.39, 0.29) is 17.5 Å². The summed E-state index contributed by atoms with van der Waals surface area (Å²) in [4.78, 5) is 12.9. The number of halogens is 1. The van der Waals surface area contributed by atoms with Crippen LogP contribution >= 0.6 is 11.8 Å². The van der Waals surface area contributed by atoms with Crippen molar-refractivity contribution in [1.29, 1.82) is 0 Å². The summed E-state index contributed by atoms with van der Waals surface area (Å²) >= 11 is 1.45. The van der Waals surface area contributed by atoms with Crippen molar-refractivity contribution in [3.05, 3.63) is 65.5 Å². The summed E-state index contributed by atoms with van der Waals surface area (Å²) in [7, 11) is 0. The molecule has 0 N–H and O–H groups in total. The molecule has 0 aliphatic carbocycles. The summed E-state index contributed by atoms with van der Waals surface area (Å²) < 4.78 is 18.5. The molecule has 0 amide bonds. The molecule has 21 heavy (non-hydrogen) atoms. The number of thioether (sulfide) groups is 1. The van der Waals surface area contributed by atoms with Crippen molar-refractivity contribution in [1.82, 2.24) is 0 Å². The molecule has 1 unspecified atom stereocenters. The van der Waals surface area contributed by atoms with Gasteiger partial charge in [-0.15, -0.1) is 11.8 Å². The predicted octanol–water partition coefficient (Wildman–Crippen LogP) is 4.53. The smallest absolute Gasteiger partial charge is 0.316 e. The summed E-state index contributed by atoms with van der Waals surface area (Å²) in [5.74, 6) is -0.394. The highest BCUT2D eigenvalue weighted by Gasteiger charge is 2.13. The number of rotatable bonds is 5. The number of ether oxygens (including phenoxy) is 1. The summed E-state index contributed by atoms with van der Waals surface area (Å²) in [5.41, 5.74) is 1.79. The first-order valence-electron chi connectivity index (χ1n) is 6.69. The van der Waals surface area contributed by atoms with E-state index in [4.69, 9.17) is 4.74 Å². The Hall–Kier alpha value is -1.81. The minimum atomic E-state index is -0.453. The molecule has 4 heteroatoms. The summed E-state index contributed by atoms with van der Waals surface area (Å²) in [6, 6.07) is 14.0. The van der Waals surface area contributed by atoms with Crippen LogP contribution in [0.5, 0.6) is 0 Å². The maximum atomic E-state index is 13.1. The van der Waals surface area contributed by atoms with Crippen LogP contribution in [0.4, 0.5) is 4.39 Å². The van der Waals surface area contributed by atoms with Gasteiger partial charge in [0.05, 0.1) is 5.75 Å². The van der Waals surface area contributed by atoms with E-state index in [1.807, 2.05) is 31.2 Å². The molecule has 0 aliphatic heterocycles. The molecule has 0 heterocycles. The van der Waals surface area contributed by atoms with Crippen LogP contribution in [0.15, 0.2) is 53.4 Å². The minimum absolute atomic E-state index is 0.241. The average Bonchev–Trinajstić information content (AvgIpc) is 2.46. The van der Waals surface area contributed by atoms with E-state index in [9.17, 15) is 9.18 Å². The number of esters is 1. The van der Waals surface area contributed by atoms with Crippen LogP contribution in [-0.4, -0.2) is 11.7 Å². The van der Waals surface area contributed by atoms with Crippen LogP contribution in [0.1, 0.15) is 24.2 Å². The molecule has 0 aromatic heterocycles.